The van der Waals surface area contributed by atoms with Gasteiger partial charge < -0.3 is 4.52 Å². The second-order valence-electron chi connectivity index (χ2n) is 5.37. The lowest BCUT2D eigenvalue weighted by molar-refractivity contribution is -0.137. The van der Waals surface area contributed by atoms with E-state index in [-0.39, 0.29) is 11.4 Å². The Kier molecular flexibility index (Phi) is 4.33. The molecule has 0 spiro atoms. The molecule has 4 aromatic rings. The zero-order valence-corrected chi connectivity index (χ0v) is 14.7. The number of benzene rings is 1. The minimum Gasteiger partial charge on any atom is -0.339 e. The molecule has 1 aromatic carbocycles. The molecule has 0 unspecified atom stereocenters. The minimum absolute atomic E-state index is 0.126. The van der Waals surface area contributed by atoms with Crippen molar-refractivity contribution in [3.63, 3.8) is 0 Å². The van der Waals surface area contributed by atoms with Gasteiger partial charge in [0.2, 0.25) is 11.7 Å². The van der Waals surface area contributed by atoms with Crippen LogP contribution in [0.1, 0.15) is 16.5 Å². The number of hydrogen-bond donors (Lipinski definition) is 0. The molecule has 0 aliphatic carbocycles. The molecule has 0 fully saturated rings. The molecule has 0 aliphatic rings. The van der Waals surface area contributed by atoms with Gasteiger partial charge in [0.1, 0.15) is 5.01 Å². The van der Waals surface area contributed by atoms with Crippen molar-refractivity contribution in [2.75, 3.05) is 0 Å². The van der Waals surface area contributed by atoms with Crippen LogP contribution in [0, 0.1) is 0 Å². The summed E-state index contributed by atoms with van der Waals surface area (Å²) in [7, 11) is 0. The second kappa shape index (κ2) is 6.65. The number of rotatable bonds is 4. The molecule has 4 rings (SSSR count). The minimum atomic E-state index is -4.42. The monoisotopic (exact) mass is 393 g/mol. The summed E-state index contributed by atoms with van der Waals surface area (Å²) in [6.45, 7) is 0. The number of halogens is 3. The second-order valence-corrected chi connectivity index (χ2v) is 7.26. The van der Waals surface area contributed by atoms with E-state index in [0.29, 0.717) is 12.3 Å². The van der Waals surface area contributed by atoms with Crippen LogP contribution >= 0.6 is 22.7 Å². The van der Waals surface area contributed by atoms with E-state index in [1.165, 1.54) is 23.5 Å². The predicted octanol–water partition coefficient (Wildman–Crippen LogP) is 5.53. The largest absolute Gasteiger partial charge is 0.416 e. The van der Waals surface area contributed by atoms with Crippen molar-refractivity contribution in [1.29, 1.82) is 0 Å². The van der Waals surface area contributed by atoms with Gasteiger partial charge in [-0.15, -0.1) is 22.7 Å². The number of aromatic nitrogens is 3. The molecule has 26 heavy (non-hydrogen) atoms. The number of alkyl halides is 3. The number of thiophene rings is 1. The van der Waals surface area contributed by atoms with Crippen molar-refractivity contribution in [1.82, 2.24) is 15.1 Å². The Labute approximate surface area is 154 Å². The molecule has 0 radical (unpaired) electrons. The van der Waals surface area contributed by atoms with Gasteiger partial charge in [0.15, 0.2) is 0 Å². The van der Waals surface area contributed by atoms with E-state index < -0.39 is 11.7 Å². The van der Waals surface area contributed by atoms with Crippen molar-refractivity contribution >= 4 is 22.7 Å². The fourth-order valence-electron chi connectivity index (χ4n) is 2.34. The van der Waals surface area contributed by atoms with Crippen LogP contribution in [-0.4, -0.2) is 15.1 Å². The van der Waals surface area contributed by atoms with Crippen LogP contribution in [0.15, 0.2) is 51.7 Å². The van der Waals surface area contributed by atoms with E-state index in [0.717, 1.165) is 27.7 Å². The SMILES string of the molecule is FC(F)(F)c1cccc(-c2noc(Cc3nc(-c4cccs4)cs3)n2)c1. The van der Waals surface area contributed by atoms with E-state index >= 15 is 0 Å². The van der Waals surface area contributed by atoms with Crippen LogP contribution in [0.2, 0.25) is 0 Å². The molecule has 0 amide bonds. The van der Waals surface area contributed by atoms with Gasteiger partial charge >= 0.3 is 6.18 Å². The van der Waals surface area contributed by atoms with Crippen LogP contribution in [-0.2, 0) is 12.6 Å². The predicted molar refractivity (Wildman–Crippen MR) is 93.0 cm³/mol. The highest BCUT2D eigenvalue weighted by atomic mass is 32.1. The summed E-state index contributed by atoms with van der Waals surface area (Å²) >= 11 is 3.07. The molecule has 3 aromatic heterocycles. The molecule has 0 N–H and O–H groups in total. The van der Waals surface area contributed by atoms with Crippen LogP contribution in [0.25, 0.3) is 22.0 Å². The Morgan fingerprint density at radius 3 is 2.69 bits per heavy atom. The smallest absolute Gasteiger partial charge is 0.339 e. The normalized spacial score (nSPS) is 11.8. The third-order valence-corrected chi connectivity index (χ3v) is 5.29. The van der Waals surface area contributed by atoms with Gasteiger partial charge in [-0.2, -0.15) is 18.2 Å². The van der Waals surface area contributed by atoms with Crippen molar-refractivity contribution in [3.05, 3.63) is 63.6 Å². The van der Waals surface area contributed by atoms with Crippen LogP contribution in [0.4, 0.5) is 13.2 Å². The van der Waals surface area contributed by atoms with Crippen molar-refractivity contribution in [2.45, 2.75) is 12.6 Å². The van der Waals surface area contributed by atoms with Gasteiger partial charge in [0, 0.05) is 10.9 Å². The Hall–Kier alpha value is -2.52. The van der Waals surface area contributed by atoms with Crippen LogP contribution < -0.4 is 0 Å². The first-order valence-corrected chi connectivity index (χ1v) is 9.23. The number of hydrogen-bond acceptors (Lipinski definition) is 6. The number of thiazole rings is 1. The quantitative estimate of drug-likeness (QED) is 0.457. The maximum absolute atomic E-state index is 12.8. The molecule has 0 aliphatic heterocycles. The third kappa shape index (κ3) is 3.54. The summed E-state index contributed by atoms with van der Waals surface area (Å²) < 4.78 is 43.6. The molecule has 132 valence electrons. The molecule has 0 bridgehead atoms. The standard InChI is InChI=1S/C17H10F3N3OS2/c18-17(19,20)11-4-1-3-10(7-11)16-22-14(24-23-16)8-15-21-12(9-26-15)13-5-2-6-25-13/h1-7,9H,8H2. The Bertz CT molecular complexity index is 1020. The Morgan fingerprint density at radius 1 is 1.04 bits per heavy atom. The summed E-state index contributed by atoms with van der Waals surface area (Å²) in [6, 6.07) is 8.80. The van der Waals surface area contributed by atoms with Gasteiger partial charge in [-0.25, -0.2) is 4.98 Å². The first-order chi connectivity index (χ1) is 12.5. The molecular formula is C17H10F3N3OS2. The highest BCUT2D eigenvalue weighted by Gasteiger charge is 2.30. The fourth-order valence-corrected chi connectivity index (χ4v) is 3.88. The van der Waals surface area contributed by atoms with E-state index in [1.54, 1.807) is 11.3 Å². The third-order valence-electron chi connectivity index (χ3n) is 3.54. The van der Waals surface area contributed by atoms with Crippen molar-refractivity contribution < 1.29 is 17.7 Å². The van der Waals surface area contributed by atoms with E-state index in [1.807, 2.05) is 22.9 Å². The lowest BCUT2D eigenvalue weighted by atomic mass is 10.1. The molecule has 4 nitrogen and oxygen atoms in total. The first kappa shape index (κ1) is 16.9. The molecule has 9 heteroatoms. The lowest BCUT2D eigenvalue weighted by Crippen LogP contribution is -2.04. The lowest BCUT2D eigenvalue weighted by Gasteiger charge is -2.06. The summed E-state index contributed by atoms with van der Waals surface area (Å²) in [5.41, 5.74) is 0.396. The molecule has 0 saturated heterocycles. The number of nitrogens with zero attached hydrogens (tertiary/aromatic N) is 3. The molecule has 3 heterocycles. The van der Waals surface area contributed by atoms with Gasteiger partial charge in [0.05, 0.1) is 22.6 Å². The molecular weight excluding hydrogens is 383 g/mol. The summed E-state index contributed by atoms with van der Waals surface area (Å²) in [6.07, 6.45) is -4.08. The van der Waals surface area contributed by atoms with E-state index in [4.69, 9.17) is 4.52 Å². The summed E-state index contributed by atoms with van der Waals surface area (Å²) in [5.74, 6) is 0.436. The van der Waals surface area contributed by atoms with Gasteiger partial charge in [0.25, 0.3) is 0 Å². The zero-order valence-electron chi connectivity index (χ0n) is 13.0. The average Bonchev–Trinajstić information content (AvgIpc) is 3.36. The average molecular weight is 393 g/mol. The molecule has 0 atom stereocenters. The Morgan fingerprint density at radius 2 is 1.92 bits per heavy atom. The zero-order chi connectivity index (χ0) is 18.1. The van der Waals surface area contributed by atoms with Crippen molar-refractivity contribution in [2.24, 2.45) is 0 Å². The molecule has 0 saturated carbocycles. The first-order valence-electron chi connectivity index (χ1n) is 7.47. The Balaban J connectivity index is 1.54. The van der Waals surface area contributed by atoms with Crippen LogP contribution in [0.5, 0.6) is 0 Å². The summed E-state index contributed by atoms with van der Waals surface area (Å²) in [5, 5.41) is 8.52. The highest BCUT2D eigenvalue weighted by Crippen LogP contribution is 2.32. The van der Waals surface area contributed by atoms with Gasteiger partial charge in [-0.05, 0) is 23.6 Å². The maximum atomic E-state index is 12.8. The van der Waals surface area contributed by atoms with E-state index in [2.05, 4.69) is 15.1 Å². The highest BCUT2D eigenvalue weighted by molar-refractivity contribution is 7.14. The maximum Gasteiger partial charge on any atom is 0.416 e. The topological polar surface area (TPSA) is 51.8 Å². The van der Waals surface area contributed by atoms with Crippen LogP contribution in [0.3, 0.4) is 0 Å². The summed E-state index contributed by atoms with van der Waals surface area (Å²) in [4.78, 5) is 9.80. The van der Waals surface area contributed by atoms with Gasteiger partial charge in [-0.3, -0.25) is 0 Å². The van der Waals surface area contributed by atoms with Crippen molar-refractivity contribution in [3.8, 4) is 22.0 Å². The fraction of sp³-hybridized carbons (Fsp3) is 0.118. The van der Waals surface area contributed by atoms with E-state index in [9.17, 15) is 13.2 Å². The van der Waals surface area contributed by atoms with Gasteiger partial charge in [-0.1, -0.05) is 23.4 Å².